The highest BCUT2D eigenvalue weighted by Crippen LogP contribution is 2.16. The number of hydrogen-bond acceptors (Lipinski definition) is 4. The van der Waals surface area contributed by atoms with Gasteiger partial charge in [0.2, 0.25) is 15.9 Å². The van der Waals surface area contributed by atoms with Crippen LogP contribution in [0.5, 0.6) is 0 Å². The average molecular weight is 329 g/mol. The maximum Gasteiger partial charge on any atom is 0.234 e. The molecule has 0 aromatic heterocycles. The molecular weight excluding hydrogens is 310 g/mol. The minimum absolute atomic E-state index is 0.00525. The third kappa shape index (κ3) is 5.07. The zero-order chi connectivity index (χ0) is 16.0. The van der Waals surface area contributed by atoms with Gasteiger partial charge in [-0.3, -0.25) is 4.79 Å². The van der Waals surface area contributed by atoms with Crippen LogP contribution in [0, 0.1) is 0 Å². The fourth-order valence-electron chi connectivity index (χ4n) is 1.68. The van der Waals surface area contributed by atoms with Gasteiger partial charge in [-0.25, -0.2) is 12.7 Å². The number of carbonyl (C=O) groups excluding carboxylic acids is 1. The number of thiocarbonyl (C=S) groups is 1. The van der Waals surface area contributed by atoms with Crippen molar-refractivity contribution in [3.05, 3.63) is 35.9 Å². The van der Waals surface area contributed by atoms with Gasteiger partial charge in [0.15, 0.2) is 0 Å². The van der Waals surface area contributed by atoms with Crippen molar-refractivity contribution in [2.24, 2.45) is 5.73 Å². The third-order valence-corrected chi connectivity index (χ3v) is 4.96. The van der Waals surface area contributed by atoms with E-state index >= 15 is 0 Å². The van der Waals surface area contributed by atoms with Gasteiger partial charge in [-0.15, -0.1) is 0 Å². The Morgan fingerprint density at radius 1 is 1.33 bits per heavy atom. The van der Waals surface area contributed by atoms with E-state index in [4.69, 9.17) is 18.0 Å². The molecule has 0 spiro atoms. The number of nitrogens with two attached hydrogens (primary N) is 1. The van der Waals surface area contributed by atoms with Gasteiger partial charge in [0.25, 0.3) is 0 Å². The SMILES string of the molecule is CN(C)S(=O)(=O)CCNC(=O)C(C(N)=S)c1ccccc1. The second-order valence-corrected chi connectivity index (χ2v) is 7.41. The topological polar surface area (TPSA) is 92.5 Å². The van der Waals surface area contributed by atoms with Crippen molar-refractivity contribution in [3.63, 3.8) is 0 Å². The van der Waals surface area contributed by atoms with Crippen LogP contribution in [0.3, 0.4) is 0 Å². The lowest BCUT2D eigenvalue weighted by molar-refractivity contribution is -0.120. The molecule has 0 fully saturated rings. The Bertz CT molecular complexity index is 600. The molecule has 3 N–H and O–H groups in total. The van der Waals surface area contributed by atoms with Crippen LogP contribution in [0.25, 0.3) is 0 Å². The molecule has 21 heavy (non-hydrogen) atoms. The normalized spacial score (nSPS) is 12.9. The molecule has 0 heterocycles. The molecule has 0 bridgehead atoms. The van der Waals surface area contributed by atoms with Crippen LogP contribution in [0.4, 0.5) is 0 Å². The van der Waals surface area contributed by atoms with Crippen LogP contribution < -0.4 is 11.1 Å². The van der Waals surface area contributed by atoms with Gasteiger partial charge in [-0.05, 0) is 5.56 Å². The van der Waals surface area contributed by atoms with Crippen LogP contribution in [-0.2, 0) is 14.8 Å². The number of hydrogen-bond donors (Lipinski definition) is 2. The van der Waals surface area contributed by atoms with Gasteiger partial charge in [-0.1, -0.05) is 42.5 Å². The van der Waals surface area contributed by atoms with E-state index in [1.165, 1.54) is 14.1 Å². The predicted molar refractivity (Wildman–Crippen MR) is 86.5 cm³/mol. The molecule has 116 valence electrons. The lowest BCUT2D eigenvalue weighted by Crippen LogP contribution is -2.39. The lowest BCUT2D eigenvalue weighted by atomic mass is 9.98. The first-order valence-corrected chi connectivity index (χ1v) is 8.29. The van der Waals surface area contributed by atoms with E-state index in [2.05, 4.69) is 5.32 Å². The number of nitrogens with zero attached hydrogens (tertiary/aromatic N) is 1. The quantitative estimate of drug-likeness (QED) is 0.690. The van der Waals surface area contributed by atoms with Gasteiger partial charge < -0.3 is 11.1 Å². The second kappa shape index (κ2) is 7.48. The molecule has 1 aromatic rings. The summed E-state index contributed by atoms with van der Waals surface area (Å²) in [6, 6.07) is 8.89. The molecule has 6 nitrogen and oxygen atoms in total. The van der Waals surface area contributed by atoms with Crippen molar-refractivity contribution in [3.8, 4) is 0 Å². The monoisotopic (exact) mass is 329 g/mol. The Balaban J connectivity index is 2.70. The summed E-state index contributed by atoms with van der Waals surface area (Å²) < 4.78 is 24.3. The van der Waals surface area contributed by atoms with E-state index in [1.807, 2.05) is 6.07 Å². The fraction of sp³-hybridized carbons (Fsp3) is 0.385. The number of sulfonamides is 1. The van der Waals surface area contributed by atoms with E-state index in [9.17, 15) is 13.2 Å². The molecule has 0 aliphatic carbocycles. The minimum Gasteiger partial charge on any atom is -0.392 e. The smallest absolute Gasteiger partial charge is 0.234 e. The first-order valence-electron chi connectivity index (χ1n) is 6.28. The number of rotatable bonds is 7. The lowest BCUT2D eigenvalue weighted by Gasteiger charge is -2.16. The summed E-state index contributed by atoms with van der Waals surface area (Å²) in [7, 11) is -0.463. The largest absolute Gasteiger partial charge is 0.392 e. The molecule has 0 aliphatic heterocycles. The third-order valence-electron chi connectivity index (χ3n) is 2.90. The molecule has 1 unspecified atom stereocenters. The summed E-state index contributed by atoms with van der Waals surface area (Å²) in [6.07, 6.45) is 0. The highest BCUT2D eigenvalue weighted by atomic mass is 32.2. The van der Waals surface area contributed by atoms with Gasteiger partial charge >= 0.3 is 0 Å². The van der Waals surface area contributed by atoms with E-state index in [0.717, 1.165) is 4.31 Å². The van der Waals surface area contributed by atoms with Gasteiger partial charge in [-0.2, -0.15) is 0 Å². The van der Waals surface area contributed by atoms with E-state index < -0.39 is 21.8 Å². The van der Waals surface area contributed by atoms with Crippen molar-refractivity contribution >= 4 is 33.1 Å². The van der Waals surface area contributed by atoms with Gasteiger partial charge in [0.05, 0.1) is 10.7 Å². The first kappa shape index (κ1) is 17.5. The van der Waals surface area contributed by atoms with Crippen LogP contribution in [0.15, 0.2) is 30.3 Å². The maximum absolute atomic E-state index is 12.2. The van der Waals surface area contributed by atoms with Crippen molar-refractivity contribution < 1.29 is 13.2 Å². The Labute approximate surface area is 130 Å². The maximum atomic E-state index is 12.2. The zero-order valence-electron chi connectivity index (χ0n) is 11.9. The van der Waals surface area contributed by atoms with Crippen molar-refractivity contribution in [2.75, 3.05) is 26.4 Å². The number of benzene rings is 1. The molecule has 0 saturated carbocycles. The average Bonchev–Trinajstić information content (AvgIpc) is 2.39. The van der Waals surface area contributed by atoms with E-state index in [1.54, 1.807) is 24.3 Å². The van der Waals surface area contributed by atoms with Gasteiger partial charge in [0.1, 0.15) is 5.92 Å². The predicted octanol–water partition coefficient (Wildman–Crippen LogP) is 0.0639. The summed E-state index contributed by atoms with van der Waals surface area (Å²) in [5, 5.41) is 2.56. The van der Waals surface area contributed by atoms with Crippen molar-refractivity contribution in [2.45, 2.75) is 5.92 Å². The Hall–Kier alpha value is -1.51. The minimum atomic E-state index is -3.35. The van der Waals surface area contributed by atoms with E-state index in [-0.39, 0.29) is 17.3 Å². The summed E-state index contributed by atoms with van der Waals surface area (Å²) in [6.45, 7) is 0.00525. The molecule has 0 aliphatic rings. The van der Waals surface area contributed by atoms with Crippen LogP contribution in [0.2, 0.25) is 0 Å². The summed E-state index contributed by atoms with van der Waals surface area (Å²) in [5.74, 6) is -1.34. The summed E-state index contributed by atoms with van der Waals surface area (Å²) in [5.41, 5.74) is 6.30. The van der Waals surface area contributed by atoms with Crippen LogP contribution in [0.1, 0.15) is 11.5 Å². The summed E-state index contributed by atoms with van der Waals surface area (Å²) >= 11 is 4.93. The molecule has 1 atom stereocenters. The van der Waals surface area contributed by atoms with Crippen LogP contribution >= 0.6 is 12.2 Å². The van der Waals surface area contributed by atoms with Crippen molar-refractivity contribution in [1.82, 2.24) is 9.62 Å². The molecular formula is C13H19N3O3S2. The molecule has 1 aromatic carbocycles. The Morgan fingerprint density at radius 3 is 2.38 bits per heavy atom. The number of carbonyl (C=O) groups is 1. The molecule has 0 radical (unpaired) electrons. The van der Waals surface area contributed by atoms with Crippen LogP contribution in [-0.4, -0.2) is 50.0 Å². The van der Waals surface area contributed by atoms with E-state index in [0.29, 0.717) is 5.56 Å². The van der Waals surface area contributed by atoms with Gasteiger partial charge in [0, 0.05) is 20.6 Å². The highest BCUT2D eigenvalue weighted by Gasteiger charge is 2.23. The number of nitrogens with one attached hydrogen (secondary N) is 1. The molecule has 1 rings (SSSR count). The first-order chi connectivity index (χ1) is 9.75. The van der Waals surface area contributed by atoms with Crippen molar-refractivity contribution in [1.29, 1.82) is 0 Å². The molecule has 1 amide bonds. The second-order valence-electron chi connectivity index (χ2n) is 4.64. The highest BCUT2D eigenvalue weighted by molar-refractivity contribution is 7.89. The Morgan fingerprint density at radius 2 is 1.90 bits per heavy atom. The number of amides is 1. The Kier molecular flexibility index (Phi) is 6.25. The zero-order valence-corrected chi connectivity index (χ0v) is 13.6. The standard InChI is InChI=1S/C13H19N3O3S2/c1-16(2)21(18,19)9-8-15-13(17)11(12(14)20)10-6-4-3-5-7-10/h3-7,11H,8-9H2,1-2H3,(H2,14,20)(H,15,17). The fourth-order valence-corrected chi connectivity index (χ4v) is 2.65. The summed E-state index contributed by atoms with van der Waals surface area (Å²) in [4.78, 5) is 12.2. The molecule has 8 heteroatoms. The molecule has 0 saturated heterocycles.